The highest BCUT2D eigenvalue weighted by Crippen LogP contribution is 2.18. The molecule has 0 aliphatic carbocycles. The van der Waals surface area contributed by atoms with Crippen molar-refractivity contribution in [3.8, 4) is 0 Å². The molecule has 0 saturated heterocycles. The van der Waals surface area contributed by atoms with Crippen LogP contribution in [0.15, 0.2) is 5.10 Å². The molecule has 0 bridgehead atoms. The van der Waals surface area contributed by atoms with E-state index in [-0.39, 0.29) is 0 Å². The first-order valence-electron chi connectivity index (χ1n) is 6.27. The normalized spacial score (nSPS) is 21.1. The van der Waals surface area contributed by atoms with E-state index in [9.17, 15) is 0 Å². The van der Waals surface area contributed by atoms with Gasteiger partial charge < -0.3 is 4.74 Å². The first kappa shape index (κ1) is 13.7. The van der Waals surface area contributed by atoms with Crippen molar-refractivity contribution in [1.82, 2.24) is 5.01 Å². The molecule has 1 heterocycles. The molecule has 1 aliphatic rings. The van der Waals surface area contributed by atoms with E-state index in [1.165, 1.54) is 6.04 Å². The lowest BCUT2D eigenvalue weighted by Gasteiger charge is -2.26. The average molecular weight is 242 g/mol. The van der Waals surface area contributed by atoms with E-state index >= 15 is 0 Å². The molecule has 0 aromatic carbocycles. The Morgan fingerprint density at radius 1 is 1.44 bits per heavy atom. The van der Waals surface area contributed by atoms with Crippen LogP contribution in [0.25, 0.3) is 0 Å². The van der Waals surface area contributed by atoms with Gasteiger partial charge in [0.25, 0.3) is 0 Å². The molecule has 1 rings (SSSR count). The van der Waals surface area contributed by atoms with Gasteiger partial charge in [-0.1, -0.05) is 33.5 Å². The van der Waals surface area contributed by atoms with E-state index in [4.69, 9.17) is 4.74 Å². The SMILES string of the molecule is CC(C)[C@H]1CC=NN1COCC[Si](C)(C)C. The van der Waals surface area contributed by atoms with Crippen molar-refractivity contribution in [2.24, 2.45) is 11.0 Å². The summed E-state index contributed by atoms with van der Waals surface area (Å²) in [6, 6.07) is 1.77. The van der Waals surface area contributed by atoms with E-state index in [1.54, 1.807) is 0 Å². The first-order valence-corrected chi connectivity index (χ1v) is 9.98. The standard InChI is InChI=1S/C12H26N2OSi/c1-11(2)12-6-7-13-14(12)10-15-8-9-16(3,4)5/h7,11-12H,6,8-10H2,1-5H3/t12-/m1/s1. The monoisotopic (exact) mass is 242 g/mol. The highest BCUT2D eigenvalue weighted by molar-refractivity contribution is 6.76. The van der Waals surface area contributed by atoms with Gasteiger partial charge in [0.05, 0.1) is 6.04 Å². The number of ether oxygens (including phenoxy) is 1. The maximum absolute atomic E-state index is 5.72. The summed E-state index contributed by atoms with van der Waals surface area (Å²) in [6.07, 6.45) is 3.07. The predicted molar refractivity (Wildman–Crippen MR) is 72.5 cm³/mol. The van der Waals surface area contributed by atoms with Crippen molar-refractivity contribution in [3.63, 3.8) is 0 Å². The van der Waals surface area contributed by atoms with Gasteiger partial charge in [0, 0.05) is 27.3 Å². The summed E-state index contributed by atoms with van der Waals surface area (Å²) < 4.78 is 5.72. The minimum absolute atomic E-state index is 0.534. The van der Waals surface area contributed by atoms with Crippen LogP contribution in [0, 0.1) is 5.92 Å². The molecule has 16 heavy (non-hydrogen) atoms. The number of rotatable bonds is 6. The molecule has 3 nitrogen and oxygen atoms in total. The Bertz CT molecular complexity index is 236. The predicted octanol–water partition coefficient (Wildman–Crippen LogP) is 3.01. The Balaban J connectivity index is 2.20. The third kappa shape index (κ3) is 4.66. The third-order valence-electron chi connectivity index (χ3n) is 2.95. The fraction of sp³-hybridized carbons (Fsp3) is 0.917. The second kappa shape index (κ2) is 5.82. The molecule has 1 atom stereocenters. The Morgan fingerprint density at radius 2 is 2.12 bits per heavy atom. The molecule has 4 heteroatoms. The van der Waals surface area contributed by atoms with Crippen molar-refractivity contribution in [2.45, 2.75) is 52.0 Å². The topological polar surface area (TPSA) is 24.8 Å². The van der Waals surface area contributed by atoms with Crippen LogP contribution in [0.2, 0.25) is 25.7 Å². The van der Waals surface area contributed by atoms with Crippen LogP contribution in [-0.2, 0) is 4.74 Å². The first-order chi connectivity index (χ1) is 7.40. The van der Waals surface area contributed by atoms with Gasteiger partial charge in [-0.2, -0.15) is 5.10 Å². The van der Waals surface area contributed by atoms with Gasteiger partial charge in [-0.05, 0) is 12.0 Å². The van der Waals surface area contributed by atoms with Crippen LogP contribution in [-0.4, -0.2) is 38.7 Å². The summed E-state index contributed by atoms with van der Waals surface area (Å²) in [5.41, 5.74) is 0. The Hall–Kier alpha value is -0.353. The van der Waals surface area contributed by atoms with Crippen LogP contribution in [0.1, 0.15) is 20.3 Å². The average Bonchev–Trinajstić information content (AvgIpc) is 2.58. The van der Waals surface area contributed by atoms with Crippen molar-refractivity contribution >= 4 is 14.3 Å². The van der Waals surface area contributed by atoms with E-state index < -0.39 is 8.07 Å². The zero-order valence-corrected chi connectivity index (χ0v) is 12.4. The molecule has 94 valence electrons. The zero-order valence-electron chi connectivity index (χ0n) is 11.4. The van der Waals surface area contributed by atoms with Crippen molar-refractivity contribution in [1.29, 1.82) is 0 Å². The lowest BCUT2D eigenvalue weighted by Crippen LogP contribution is -2.33. The molecular weight excluding hydrogens is 216 g/mol. The fourth-order valence-corrected chi connectivity index (χ4v) is 2.51. The Labute approximate surface area is 101 Å². The van der Waals surface area contributed by atoms with E-state index in [1.807, 2.05) is 6.21 Å². The minimum Gasteiger partial charge on any atom is -0.360 e. The number of hydrogen-bond acceptors (Lipinski definition) is 3. The second-order valence-corrected chi connectivity index (χ2v) is 11.8. The van der Waals surface area contributed by atoms with Gasteiger partial charge in [-0.3, -0.25) is 5.01 Å². The molecule has 0 N–H and O–H groups in total. The molecule has 0 spiro atoms. The number of hydrazone groups is 1. The molecule has 0 radical (unpaired) electrons. The Kier molecular flexibility index (Phi) is 4.99. The lowest BCUT2D eigenvalue weighted by atomic mass is 10.0. The smallest absolute Gasteiger partial charge is 0.135 e. The maximum atomic E-state index is 5.72. The van der Waals surface area contributed by atoms with Gasteiger partial charge in [0.2, 0.25) is 0 Å². The fourth-order valence-electron chi connectivity index (χ4n) is 1.75. The summed E-state index contributed by atoms with van der Waals surface area (Å²) in [7, 11) is -0.955. The Morgan fingerprint density at radius 3 is 2.69 bits per heavy atom. The van der Waals surface area contributed by atoms with Crippen LogP contribution in [0.5, 0.6) is 0 Å². The highest BCUT2D eigenvalue weighted by atomic mass is 28.3. The molecule has 0 aromatic rings. The van der Waals surface area contributed by atoms with Crippen molar-refractivity contribution in [2.75, 3.05) is 13.3 Å². The number of nitrogens with zero attached hydrogens (tertiary/aromatic N) is 2. The molecule has 0 saturated carbocycles. The van der Waals surface area contributed by atoms with Crippen LogP contribution in [0.4, 0.5) is 0 Å². The van der Waals surface area contributed by atoms with Crippen LogP contribution >= 0.6 is 0 Å². The van der Waals surface area contributed by atoms with E-state index in [0.717, 1.165) is 13.0 Å². The van der Waals surface area contributed by atoms with E-state index in [0.29, 0.717) is 18.7 Å². The highest BCUT2D eigenvalue weighted by Gasteiger charge is 2.23. The third-order valence-corrected chi connectivity index (χ3v) is 4.65. The van der Waals surface area contributed by atoms with Gasteiger partial charge in [-0.25, -0.2) is 0 Å². The minimum atomic E-state index is -0.955. The quantitative estimate of drug-likeness (QED) is 0.528. The van der Waals surface area contributed by atoms with Crippen LogP contribution in [0.3, 0.4) is 0 Å². The largest absolute Gasteiger partial charge is 0.360 e. The molecule has 0 fully saturated rings. The van der Waals surface area contributed by atoms with Gasteiger partial charge in [0.1, 0.15) is 6.73 Å². The number of hydrogen-bond donors (Lipinski definition) is 0. The molecule has 0 unspecified atom stereocenters. The molecule has 0 amide bonds. The summed E-state index contributed by atoms with van der Waals surface area (Å²) in [4.78, 5) is 0. The maximum Gasteiger partial charge on any atom is 0.135 e. The van der Waals surface area contributed by atoms with E-state index in [2.05, 4.69) is 43.6 Å². The molecular formula is C12H26N2OSi. The zero-order chi connectivity index (χ0) is 12.2. The summed E-state index contributed by atoms with van der Waals surface area (Å²) in [5, 5.41) is 6.46. The lowest BCUT2D eigenvalue weighted by molar-refractivity contribution is 0.00928. The summed E-state index contributed by atoms with van der Waals surface area (Å²) >= 11 is 0. The van der Waals surface area contributed by atoms with Gasteiger partial charge >= 0.3 is 0 Å². The molecule has 1 aliphatic heterocycles. The van der Waals surface area contributed by atoms with Crippen molar-refractivity contribution < 1.29 is 4.74 Å². The summed E-state index contributed by atoms with van der Waals surface area (Å²) in [6.45, 7) is 13.2. The van der Waals surface area contributed by atoms with Crippen molar-refractivity contribution in [3.05, 3.63) is 0 Å². The van der Waals surface area contributed by atoms with Gasteiger partial charge in [-0.15, -0.1) is 0 Å². The summed E-state index contributed by atoms with van der Waals surface area (Å²) in [5.74, 6) is 0.642. The second-order valence-electron chi connectivity index (χ2n) is 6.13. The van der Waals surface area contributed by atoms with Crippen LogP contribution < -0.4 is 0 Å². The van der Waals surface area contributed by atoms with Gasteiger partial charge in [0.15, 0.2) is 0 Å². The molecule has 0 aromatic heterocycles.